The van der Waals surface area contributed by atoms with Gasteiger partial charge in [-0.15, -0.1) is 10.2 Å². The molecule has 130 valence electrons. The average molecular weight is 332 g/mol. The molecule has 3 heterocycles. The number of aryl methyl sites for hydroxylation is 2. The fraction of sp³-hybridized carbons (Fsp3) is 0.625. The third-order valence-corrected chi connectivity index (χ3v) is 4.36. The first-order chi connectivity index (χ1) is 11.5. The lowest BCUT2D eigenvalue weighted by Crippen LogP contribution is -2.43. The fourth-order valence-electron chi connectivity index (χ4n) is 3.04. The lowest BCUT2D eigenvalue weighted by molar-refractivity contribution is -0.0284. The van der Waals surface area contributed by atoms with Crippen molar-refractivity contribution in [2.24, 2.45) is 0 Å². The standard InChI is InChI=1S/C16H24N6O2/c1-5-21-9-17-20-15(21)12-8-22(6-7-24-12)16(23)13-11(4)18-19-14(13)10(2)3/h9-10,12H,5-8H2,1-4H3,(H,18,19). The van der Waals surface area contributed by atoms with Gasteiger partial charge in [0.15, 0.2) is 5.82 Å². The van der Waals surface area contributed by atoms with Crippen LogP contribution in [0.2, 0.25) is 0 Å². The minimum atomic E-state index is -0.250. The van der Waals surface area contributed by atoms with Gasteiger partial charge >= 0.3 is 0 Å². The highest BCUT2D eigenvalue weighted by Gasteiger charge is 2.31. The van der Waals surface area contributed by atoms with Crippen LogP contribution in [-0.2, 0) is 11.3 Å². The van der Waals surface area contributed by atoms with Crippen molar-refractivity contribution in [3.8, 4) is 0 Å². The molecular weight excluding hydrogens is 308 g/mol. The van der Waals surface area contributed by atoms with Crippen LogP contribution in [0.5, 0.6) is 0 Å². The van der Waals surface area contributed by atoms with E-state index in [0.717, 1.165) is 23.8 Å². The number of aromatic nitrogens is 5. The van der Waals surface area contributed by atoms with Gasteiger partial charge in [-0.1, -0.05) is 13.8 Å². The maximum absolute atomic E-state index is 13.0. The molecule has 1 saturated heterocycles. The molecule has 2 aromatic heterocycles. The highest BCUT2D eigenvalue weighted by molar-refractivity contribution is 5.96. The lowest BCUT2D eigenvalue weighted by atomic mass is 10.0. The van der Waals surface area contributed by atoms with Crippen molar-refractivity contribution in [2.75, 3.05) is 19.7 Å². The summed E-state index contributed by atoms with van der Waals surface area (Å²) < 4.78 is 7.78. The number of rotatable bonds is 4. The van der Waals surface area contributed by atoms with Crippen molar-refractivity contribution in [1.82, 2.24) is 29.9 Å². The second-order valence-electron chi connectivity index (χ2n) is 6.35. The summed E-state index contributed by atoms with van der Waals surface area (Å²) in [4.78, 5) is 14.9. The Morgan fingerprint density at radius 1 is 1.50 bits per heavy atom. The predicted octanol–water partition coefficient (Wildman–Crippen LogP) is 1.67. The van der Waals surface area contributed by atoms with E-state index in [1.54, 1.807) is 6.33 Å². The van der Waals surface area contributed by atoms with E-state index in [-0.39, 0.29) is 17.9 Å². The molecule has 2 aromatic rings. The number of morpholine rings is 1. The second-order valence-corrected chi connectivity index (χ2v) is 6.35. The molecule has 3 rings (SSSR count). The van der Waals surface area contributed by atoms with Crippen LogP contribution in [0.15, 0.2) is 6.33 Å². The van der Waals surface area contributed by atoms with Crippen molar-refractivity contribution in [2.45, 2.75) is 46.3 Å². The number of hydrogen-bond donors (Lipinski definition) is 1. The molecule has 24 heavy (non-hydrogen) atoms. The summed E-state index contributed by atoms with van der Waals surface area (Å²) in [5.41, 5.74) is 2.31. The van der Waals surface area contributed by atoms with Gasteiger partial charge in [0.25, 0.3) is 5.91 Å². The zero-order valence-corrected chi connectivity index (χ0v) is 14.6. The van der Waals surface area contributed by atoms with Crippen LogP contribution in [0.25, 0.3) is 0 Å². The summed E-state index contributed by atoms with van der Waals surface area (Å²) in [6.07, 6.45) is 1.44. The van der Waals surface area contributed by atoms with E-state index in [0.29, 0.717) is 25.3 Å². The Hall–Kier alpha value is -2.22. The molecule has 8 nitrogen and oxygen atoms in total. The summed E-state index contributed by atoms with van der Waals surface area (Å²) in [6, 6.07) is 0. The minimum absolute atomic E-state index is 0.000753. The third kappa shape index (κ3) is 2.93. The van der Waals surface area contributed by atoms with E-state index in [9.17, 15) is 4.79 Å². The number of amides is 1. The van der Waals surface area contributed by atoms with Gasteiger partial charge in [-0.05, 0) is 19.8 Å². The molecule has 1 N–H and O–H groups in total. The van der Waals surface area contributed by atoms with Crippen LogP contribution in [0, 0.1) is 6.92 Å². The summed E-state index contributed by atoms with van der Waals surface area (Å²) >= 11 is 0. The third-order valence-electron chi connectivity index (χ3n) is 4.36. The van der Waals surface area contributed by atoms with Crippen molar-refractivity contribution in [1.29, 1.82) is 0 Å². The van der Waals surface area contributed by atoms with Gasteiger partial charge in [-0.25, -0.2) is 0 Å². The number of nitrogens with zero attached hydrogens (tertiary/aromatic N) is 5. The van der Waals surface area contributed by atoms with Crippen molar-refractivity contribution in [3.63, 3.8) is 0 Å². The van der Waals surface area contributed by atoms with E-state index in [2.05, 4.69) is 20.4 Å². The van der Waals surface area contributed by atoms with Gasteiger partial charge in [0.1, 0.15) is 12.4 Å². The van der Waals surface area contributed by atoms with Crippen LogP contribution >= 0.6 is 0 Å². The largest absolute Gasteiger partial charge is 0.366 e. The van der Waals surface area contributed by atoms with Crippen LogP contribution in [0.4, 0.5) is 0 Å². The molecular formula is C16H24N6O2. The predicted molar refractivity (Wildman–Crippen MR) is 87.7 cm³/mol. The molecule has 0 radical (unpaired) electrons. The normalized spacial score (nSPS) is 18.4. The number of ether oxygens (including phenoxy) is 1. The monoisotopic (exact) mass is 332 g/mol. The van der Waals surface area contributed by atoms with E-state index in [1.807, 2.05) is 37.2 Å². The van der Waals surface area contributed by atoms with Gasteiger partial charge in [0, 0.05) is 18.8 Å². The Labute approximate surface area is 141 Å². The highest BCUT2D eigenvalue weighted by Crippen LogP contribution is 2.25. The van der Waals surface area contributed by atoms with Gasteiger partial charge in [-0.2, -0.15) is 5.10 Å². The number of nitrogens with one attached hydrogen (secondary N) is 1. The molecule has 1 atom stereocenters. The molecule has 1 aliphatic heterocycles. The molecule has 8 heteroatoms. The van der Waals surface area contributed by atoms with Gasteiger partial charge in [0.05, 0.1) is 24.4 Å². The highest BCUT2D eigenvalue weighted by atomic mass is 16.5. The molecule has 0 saturated carbocycles. The zero-order chi connectivity index (χ0) is 17.3. The topological polar surface area (TPSA) is 88.9 Å². The maximum Gasteiger partial charge on any atom is 0.257 e. The van der Waals surface area contributed by atoms with Crippen molar-refractivity contribution in [3.05, 3.63) is 29.1 Å². The molecule has 0 aromatic carbocycles. The van der Waals surface area contributed by atoms with E-state index < -0.39 is 0 Å². The number of hydrogen-bond acceptors (Lipinski definition) is 5. The van der Waals surface area contributed by atoms with Crippen molar-refractivity contribution < 1.29 is 9.53 Å². The van der Waals surface area contributed by atoms with Crippen LogP contribution < -0.4 is 0 Å². The summed E-state index contributed by atoms with van der Waals surface area (Å²) in [7, 11) is 0. The average Bonchev–Trinajstić information content (AvgIpc) is 3.20. The van der Waals surface area contributed by atoms with Crippen LogP contribution in [-0.4, -0.2) is 55.5 Å². The zero-order valence-electron chi connectivity index (χ0n) is 14.6. The fourth-order valence-corrected chi connectivity index (χ4v) is 3.04. The van der Waals surface area contributed by atoms with E-state index in [1.165, 1.54) is 0 Å². The minimum Gasteiger partial charge on any atom is -0.366 e. The molecule has 1 amide bonds. The first-order valence-electron chi connectivity index (χ1n) is 8.36. The Bertz CT molecular complexity index is 720. The van der Waals surface area contributed by atoms with Gasteiger partial charge in [-0.3, -0.25) is 9.89 Å². The summed E-state index contributed by atoms with van der Waals surface area (Å²) in [5.74, 6) is 0.956. The van der Waals surface area contributed by atoms with Crippen LogP contribution in [0.1, 0.15) is 60.4 Å². The molecule has 0 spiro atoms. The second kappa shape index (κ2) is 6.72. The van der Waals surface area contributed by atoms with Gasteiger partial charge in [0.2, 0.25) is 0 Å². The Balaban J connectivity index is 1.83. The number of carbonyl (C=O) groups excluding carboxylic acids is 1. The number of aromatic amines is 1. The molecule has 0 aliphatic carbocycles. The van der Waals surface area contributed by atoms with Crippen LogP contribution in [0.3, 0.4) is 0 Å². The quantitative estimate of drug-likeness (QED) is 0.920. The Morgan fingerprint density at radius 2 is 2.29 bits per heavy atom. The van der Waals surface area contributed by atoms with Gasteiger partial charge < -0.3 is 14.2 Å². The maximum atomic E-state index is 13.0. The molecule has 1 aliphatic rings. The Kier molecular flexibility index (Phi) is 4.66. The summed E-state index contributed by atoms with van der Waals surface area (Å²) in [5, 5.41) is 15.4. The number of H-pyrrole nitrogens is 1. The Morgan fingerprint density at radius 3 is 3.00 bits per heavy atom. The SMILES string of the molecule is CCn1cnnc1C1CN(C(=O)c2c(C(C)C)n[nH]c2C)CCO1. The lowest BCUT2D eigenvalue weighted by Gasteiger charge is -2.32. The van der Waals surface area contributed by atoms with E-state index in [4.69, 9.17) is 4.74 Å². The smallest absolute Gasteiger partial charge is 0.257 e. The number of carbonyl (C=O) groups is 1. The van der Waals surface area contributed by atoms with Crippen molar-refractivity contribution >= 4 is 5.91 Å². The molecule has 1 fully saturated rings. The van der Waals surface area contributed by atoms with E-state index >= 15 is 0 Å². The molecule has 0 bridgehead atoms. The molecule has 1 unspecified atom stereocenters. The first kappa shape index (κ1) is 16.6. The summed E-state index contributed by atoms with van der Waals surface area (Å²) in [6.45, 7) is 10.3. The first-order valence-corrected chi connectivity index (χ1v) is 8.36.